The molecule has 1 aromatic carbocycles. The Hall–Kier alpha value is -1.69. The third kappa shape index (κ3) is 2.71. The number of nitrogens with two attached hydrogens (primary N) is 1. The van der Waals surface area contributed by atoms with E-state index in [2.05, 4.69) is 26.2 Å². The average Bonchev–Trinajstić information content (AvgIpc) is 2.27. The van der Waals surface area contributed by atoms with E-state index in [4.69, 9.17) is 5.73 Å². The summed E-state index contributed by atoms with van der Waals surface area (Å²) in [5.74, 6) is -0.835. The first-order valence-electron chi connectivity index (χ1n) is 4.69. The molecule has 2 aromatic rings. The summed E-state index contributed by atoms with van der Waals surface area (Å²) in [5.41, 5.74) is 6.01. The van der Waals surface area contributed by atoms with Gasteiger partial charge in [0, 0.05) is 16.7 Å². The molecular weight excluding hydrogens is 292 g/mol. The van der Waals surface area contributed by atoms with E-state index in [1.165, 1.54) is 6.20 Å². The molecule has 0 bridgehead atoms. The number of rotatable bonds is 2. The number of benzene rings is 1. The van der Waals surface area contributed by atoms with Crippen molar-refractivity contribution in [3.8, 4) is 0 Å². The summed E-state index contributed by atoms with van der Waals surface area (Å²) in [6, 6.07) is 4.73. The third-order valence-corrected chi connectivity index (χ3v) is 2.50. The number of halogens is 3. The summed E-state index contributed by atoms with van der Waals surface area (Å²) in [6.07, 6.45) is 1.51. The Labute approximate surface area is 105 Å². The zero-order valence-corrected chi connectivity index (χ0v) is 10.1. The van der Waals surface area contributed by atoms with Gasteiger partial charge in [0.15, 0.2) is 5.82 Å². The van der Waals surface area contributed by atoms with Crippen LogP contribution in [-0.4, -0.2) is 4.98 Å². The van der Waals surface area contributed by atoms with Crippen LogP contribution in [0.5, 0.6) is 0 Å². The molecule has 3 N–H and O–H groups in total. The van der Waals surface area contributed by atoms with E-state index in [1.54, 1.807) is 6.07 Å². The van der Waals surface area contributed by atoms with Crippen molar-refractivity contribution in [2.45, 2.75) is 0 Å². The molecule has 2 rings (SSSR count). The van der Waals surface area contributed by atoms with Gasteiger partial charge >= 0.3 is 0 Å². The van der Waals surface area contributed by atoms with E-state index in [0.29, 0.717) is 10.2 Å². The van der Waals surface area contributed by atoms with E-state index < -0.39 is 11.6 Å². The highest BCUT2D eigenvalue weighted by molar-refractivity contribution is 9.10. The van der Waals surface area contributed by atoms with E-state index in [9.17, 15) is 8.78 Å². The molecule has 6 heteroatoms. The monoisotopic (exact) mass is 299 g/mol. The molecule has 17 heavy (non-hydrogen) atoms. The second-order valence-corrected chi connectivity index (χ2v) is 4.26. The maximum Gasteiger partial charge on any atom is 0.153 e. The standard InChI is InChI=1S/C11H8BrF2N3/c12-6-3-9(15)11(16-5-6)17-10-4-7(13)1-2-8(10)14/h1-5H,15H2,(H,16,17). The van der Waals surface area contributed by atoms with Crippen LogP contribution in [0.1, 0.15) is 0 Å². The van der Waals surface area contributed by atoms with Crippen molar-refractivity contribution >= 4 is 33.1 Å². The first kappa shape index (κ1) is 11.8. The Morgan fingerprint density at radius 1 is 1.24 bits per heavy atom. The summed E-state index contributed by atoms with van der Waals surface area (Å²) >= 11 is 3.20. The molecule has 1 aromatic heterocycles. The smallest absolute Gasteiger partial charge is 0.153 e. The first-order valence-corrected chi connectivity index (χ1v) is 5.48. The Morgan fingerprint density at radius 3 is 2.71 bits per heavy atom. The van der Waals surface area contributed by atoms with Crippen LogP contribution in [0.3, 0.4) is 0 Å². The van der Waals surface area contributed by atoms with Crippen molar-refractivity contribution in [1.29, 1.82) is 0 Å². The summed E-state index contributed by atoms with van der Waals surface area (Å²) in [6.45, 7) is 0. The van der Waals surface area contributed by atoms with Crippen molar-refractivity contribution in [3.05, 3.63) is 46.6 Å². The minimum atomic E-state index is -0.574. The van der Waals surface area contributed by atoms with E-state index in [0.717, 1.165) is 18.2 Å². The molecule has 0 saturated heterocycles. The van der Waals surface area contributed by atoms with Gasteiger partial charge in [0.1, 0.15) is 11.6 Å². The number of anilines is 3. The summed E-state index contributed by atoms with van der Waals surface area (Å²) < 4.78 is 27.0. The minimum absolute atomic E-state index is 0.00785. The fourth-order valence-electron chi connectivity index (χ4n) is 1.28. The molecule has 0 radical (unpaired) electrons. The van der Waals surface area contributed by atoms with Crippen LogP contribution >= 0.6 is 15.9 Å². The highest BCUT2D eigenvalue weighted by atomic mass is 79.9. The molecule has 0 spiro atoms. The average molecular weight is 300 g/mol. The van der Waals surface area contributed by atoms with Crippen molar-refractivity contribution in [2.24, 2.45) is 0 Å². The molecule has 3 nitrogen and oxygen atoms in total. The lowest BCUT2D eigenvalue weighted by molar-refractivity contribution is 0.603. The maximum absolute atomic E-state index is 13.4. The lowest BCUT2D eigenvalue weighted by Crippen LogP contribution is -2.01. The SMILES string of the molecule is Nc1cc(Br)cnc1Nc1cc(F)ccc1F. The molecule has 0 saturated carbocycles. The highest BCUT2D eigenvalue weighted by Gasteiger charge is 2.07. The predicted molar refractivity (Wildman–Crippen MR) is 66.0 cm³/mol. The molecule has 0 amide bonds. The second kappa shape index (κ2) is 4.67. The topological polar surface area (TPSA) is 50.9 Å². The van der Waals surface area contributed by atoms with Crippen LogP contribution < -0.4 is 11.1 Å². The molecule has 0 aliphatic carbocycles. The molecular formula is C11H8BrF2N3. The third-order valence-electron chi connectivity index (χ3n) is 2.07. The lowest BCUT2D eigenvalue weighted by atomic mass is 10.3. The molecule has 0 atom stereocenters. The normalized spacial score (nSPS) is 10.3. The van der Waals surface area contributed by atoms with Crippen molar-refractivity contribution in [3.63, 3.8) is 0 Å². The van der Waals surface area contributed by atoms with E-state index in [-0.39, 0.29) is 11.5 Å². The predicted octanol–water partition coefficient (Wildman–Crippen LogP) is 3.45. The van der Waals surface area contributed by atoms with Crippen molar-refractivity contribution in [1.82, 2.24) is 4.98 Å². The largest absolute Gasteiger partial charge is 0.396 e. The summed E-state index contributed by atoms with van der Waals surface area (Å²) in [4.78, 5) is 3.97. The van der Waals surface area contributed by atoms with Gasteiger partial charge in [0.2, 0.25) is 0 Å². The van der Waals surface area contributed by atoms with Crippen molar-refractivity contribution < 1.29 is 8.78 Å². The van der Waals surface area contributed by atoms with Gasteiger partial charge in [-0.05, 0) is 34.1 Å². The van der Waals surface area contributed by atoms with Crippen LogP contribution in [0, 0.1) is 11.6 Å². The summed E-state index contributed by atoms with van der Waals surface area (Å²) in [7, 11) is 0. The fourth-order valence-corrected chi connectivity index (χ4v) is 1.63. The maximum atomic E-state index is 13.4. The highest BCUT2D eigenvalue weighted by Crippen LogP contribution is 2.25. The Bertz CT molecular complexity index is 560. The Kier molecular flexibility index (Phi) is 3.23. The number of nitrogen functional groups attached to an aromatic ring is 1. The Morgan fingerprint density at radius 2 is 2.00 bits per heavy atom. The number of hydrogen-bond donors (Lipinski definition) is 2. The van der Waals surface area contributed by atoms with E-state index in [1.807, 2.05) is 0 Å². The summed E-state index contributed by atoms with van der Waals surface area (Å²) in [5, 5.41) is 2.64. The van der Waals surface area contributed by atoms with Crippen LogP contribution in [0.15, 0.2) is 34.9 Å². The molecule has 0 aliphatic heterocycles. The van der Waals surface area contributed by atoms with Gasteiger partial charge in [-0.15, -0.1) is 0 Å². The van der Waals surface area contributed by atoms with Crippen molar-refractivity contribution in [2.75, 3.05) is 11.1 Å². The van der Waals surface area contributed by atoms with Crippen LogP contribution in [-0.2, 0) is 0 Å². The molecule has 88 valence electrons. The lowest BCUT2D eigenvalue weighted by Gasteiger charge is -2.09. The molecule has 0 fully saturated rings. The van der Waals surface area contributed by atoms with Crippen LogP contribution in [0.4, 0.5) is 26.0 Å². The quantitative estimate of drug-likeness (QED) is 0.893. The fraction of sp³-hybridized carbons (Fsp3) is 0. The van der Waals surface area contributed by atoms with Gasteiger partial charge in [-0.2, -0.15) is 0 Å². The van der Waals surface area contributed by atoms with Gasteiger partial charge in [0.25, 0.3) is 0 Å². The molecule has 0 aliphatic rings. The van der Waals surface area contributed by atoms with E-state index >= 15 is 0 Å². The number of nitrogens with zero attached hydrogens (tertiary/aromatic N) is 1. The number of pyridine rings is 1. The number of aromatic nitrogens is 1. The zero-order valence-electron chi connectivity index (χ0n) is 8.55. The van der Waals surface area contributed by atoms with Crippen LogP contribution in [0.25, 0.3) is 0 Å². The second-order valence-electron chi connectivity index (χ2n) is 3.34. The van der Waals surface area contributed by atoms with Gasteiger partial charge in [-0.3, -0.25) is 0 Å². The number of hydrogen-bond acceptors (Lipinski definition) is 3. The zero-order chi connectivity index (χ0) is 12.4. The molecule has 0 unspecified atom stereocenters. The van der Waals surface area contributed by atoms with Gasteiger partial charge < -0.3 is 11.1 Å². The minimum Gasteiger partial charge on any atom is -0.396 e. The first-order chi connectivity index (χ1) is 8.06. The van der Waals surface area contributed by atoms with Crippen LogP contribution in [0.2, 0.25) is 0 Å². The van der Waals surface area contributed by atoms with Gasteiger partial charge in [-0.1, -0.05) is 0 Å². The number of nitrogens with one attached hydrogen (secondary N) is 1. The van der Waals surface area contributed by atoms with Gasteiger partial charge in [-0.25, -0.2) is 13.8 Å². The van der Waals surface area contributed by atoms with Gasteiger partial charge in [0.05, 0.1) is 11.4 Å². The Balaban J connectivity index is 2.34. The molecule has 1 heterocycles.